The molecule has 0 heterocycles. The van der Waals surface area contributed by atoms with Crippen LogP contribution in [0.5, 0.6) is 0 Å². The molecule has 0 bridgehead atoms. The zero-order chi connectivity index (χ0) is 9.78. The lowest BCUT2D eigenvalue weighted by Gasteiger charge is -2.15. The highest BCUT2D eigenvalue weighted by atomic mass is 79.9. The van der Waals surface area contributed by atoms with Gasteiger partial charge in [0, 0.05) is 0 Å². The van der Waals surface area contributed by atoms with Gasteiger partial charge in [0.15, 0.2) is 0 Å². The van der Waals surface area contributed by atoms with Crippen molar-refractivity contribution in [3.8, 4) is 0 Å². The molecule has 0 aliphatic heterocycles. The van der Waals surface area contributed by atoms with Crippen LogP contribution in [0.4, 0.5) is 0 Å². The fraction of sp³-hybridized carbons (Fsp3) is 0.833. The largest absolute Gasteiger partial charge is 0.455 e. The molecule has 1 unspecified atom stereocenters. The molecule has 5 nitrogen and oxygen atoms in total. The molecule has 72 valence electrons. The number of alkyl halides is 1. The average Bonchev–Trinajstić information content (AvgIpc) is 1.84. The molecule has 0 aromatic rings. The van der Waals surface area contributed by atoms with Crippen LogP contribution in [0.25, 0.3) is 0 Å². The molecule has 0 fully saturated rings. The van der Waals surface area contributed by atoms with Crippen molar-refractivity contribution >= 4 is 21.9 Å². The van der Waals surface area contributed by atoms with Gasteiger partial charge in [-0.05, 0) is 6.42 Å². The van der Waals surface area contributed by atoms with Crippen molar-refractivity contribution in [3.63, 3.8) is 0 Å². The minimum atomic E-state index is -3.38. The summed E-state index contributed by atoms with van der Waals surface area (Å²) >= 11 is 2.95. The van der Waals surface area contributed by atoms with Crippen LogP contribution in [0.3, 0.4) is 0 Å². The molecule has 1 atom stereocenters. The number of carbonyl (C=O) groups excluding carboxylic acids is 1. The first kappa shape index (κ1) is 11.8. The Kier molecular flexibility index (Phi) is 4.69. The molecule has 0 saturated heterocycles. The maximum absolute atomic E-state index is 10.8. The smallest absolute Gasteiger partial charge is 0.383 e. The Bertz CT molecular complexity index is 153. The third kappa shape index (κ3) is 5.48. The van der Waals surface area contributed by atoms with Crippen molar-refractivity contribution in [2.75, 3.05) is 0 Å². The number of rotatable bonds is 4. The number of aliphatic hydroxyl groups is 3. The van der Waals surface area contributed by atoms with E-state index in [1.165, 1.54) is 0 Å². The Hall–Kier alpha value is -0.170. The normalized spacial score (nSPS) is 14.1. The summed E-state index contributed by atoms with van der Waals surface area (Å²) in [6.07, 6.45) is -2.15. The molecule has 0 saturated carbocycles. The Morgan fingerprint density at radius 3 is 2.42 bits per heavy atom. The molecule has 0 rings (SSSR count). The highest BCUT2D eigenvalue weighted by Gasteiger charge is 2.28. The van der Waals surface area contributed by atoms with Crippen LogP contribution in [-0.2, 0) is 9.53 Å². The van der Waals surface area contributed by atoms with Gasteiger partial charge in [-0.15, -0.1) is 0 Å². The second kappa shape index (κ2) is 4.76. The summed E-state index contributed by atoms with van der Waals surface area (Å²) in [7, 11) is 0. The first-order chi connectivity index (χ1) is 5.37. The molecular formula is C6H11BrO5. The highest BCUT2D eigenvalue weighted by Crippen LogP contribution is 2.11. The summed E-state index contributed by atoms with van der Waals surface area (Å²) in [5.74, 6) is -0.913. The zero-order valence-electron chi connectivity index (χ0n) is 6.53. The third-order valence-corrected chi connectivity index (χ3v) is 1.87. The maximum Gasteiger partial charge on any atom is 0.455 e. The van der Waals surface area contributed by atoms with E-state index in [1.807, 2.05) is 6.92 Å². The first-order valence-electron chi connectivity index (χ1n) is 3.41. The lowest BCUT2D eigenvalue weighted by molar-refractivity contribution is -0.435. The molecule has 0 spiro atoms. The van der Waals surface area contributed by atoms with E-state index >= 15 is 0 Å². The topological polar surface area (TPSA) is 87.0 Å². The van der Waals surface area contributed by atoms with Gasteiger partial charge in [0.1, 0.15) is 4.83 Å². The van der Waals surface area contributed by atoms with E-state index in [0.29, 0.717) is 6.42 Å². The lowest BCUT2D eigenvalue weighted by atomic mass is 10.2. The number of ether oxygens (including phenoxy) is 1. The molecule has 0 aromatic carbocycles. The minimum absolute atomic E-state index is 0.495. The summed E-state index contributed by atoms with van der Waals surface area (Å²) in [4.78, 5) is 10.2. The molecule has 0 aromatic heterocycles. The Morgan fingerprint density at radius 1 is 1.58 bits per heavy atom. The van der Waals surface area contributed by atoms with Gasteiger partial charge in [-0.3, -0.25) is 4.79 Å². The van der Waals surface area contributed by atoms with Crippen molar-refractivity contribution in [1.82, 2.24) is 0 Å². The first-order valence-corrected chi connectivity index (χ1v) is 4.32. The number of halogens is 1. The number of hydrogen-bond donors (Lipinski definition) is 3. The molecular weight excluding hydrogens is 232 g/mol. The molecule has 12 heavy (non-hydrogen) atoms. The van der Waals surface area contributed by atoms with E-state index in [9.17, 15) is 4.79 Å². The third-order valence-electron chi connectivity index (χ3n) is 1.04. The number of esters is 1. The molecule has 0 aliphatic carbocycles. The SMILES string of the molecule is CCCC(Br)C(=O)OC(O)(O)O. The summed E-state index contributed by atoms with van der Waals surface area (Å²) in [5, 5.41) is 24.8. The van der Waals surface area contributed by atoms with E-state index in [4.69, 9.17) is 15.3 Å². The second-order valence-electron chi connectivity index (χ2n) is 2.25. The maximum atomic E-state index is 10.8. The van der Waals surface area contributed by atoms with Crippen LogP contribution in [0.1, 0.15) is 19.8 Å². The van der Waals surface area contributed by atoms with Gasteiger partial charge >= 0.3 is 12.1 Å². The average molecular weight is 243 g/mol. The number of carbonyl (C=O) groups is 1. The molecule has 0 radical (unpaired) electrons. The molecule has 3 N–H and O–H groups in total. The summed E-state index contributed by atoms with van der Waals surface area (Å²) < 4.78 is 3.83. The van der Waals surface area contributed by atoms with Gasteiger partial charge in [-0.25, -0.2) is 0 Å². The monoisotopic (exact) mass is 242 g/mol. The van der Waals surface area contributed by atoms with Crippen molar-refractivity contribution in [3.05, 3.63) is 0 Å². The molecule has 0 aliphatic rings. The minimum Gasteiger partial charge on any atom is -0.383 e. The highest BCUT2D eigenvalue weighted by molar-refractivity contribution is 9.10. The standard InChI is InChI=1S/C6H11BrO5/c1-2-3-4(7)5(8)12-6(9,10)11/h4,9-11H,2-3H2,1H3. The fourth-order valence-electron chi connectivity index (χ4n) is 0.570. The van der Waals surface area contributed by atoms with Crippen LogP contribution >= 0.6 is 15.9 Å². The second-order valence-corrected chi connectivity index (χ2v) is 3.36. The van der Waals surface area contributed by atoms with Gasteiger partial charge in [0.25, 0.3) is 0 Å². The van der Waals surface area contributed by atoms with E-state index in [2.05, 4.69) is 20.7 Å². The number of hydrogen-bond acceptors (Lipinski definition) is 5. The van der Waals surface area contributed by atoms with Gasteiger partial charge in [0.2, 0.25) is 0 Å². The van der Waals surface area contributed by atoms with Gasteiger partial charge in [0.05, 0.1) is 0 Å². The van der Waals surface area contributed by atoms with Crippen molar-refractivity contribution in [2.45, 2.75) is 30.8 Å². The quantitative estimate of drug-likeness (QED) is 0.358. The van der Waals surface area contributed by atoms with E-state index in [1.54, 1.807) is 0 Å². The van der Waals surface area contributed by atoms with E-state index in [-0.39, 0.29) is 0 Å². The van der Waals surface area contributed by atoms with E-state index in [0.717, 1.165) is 6.42 Å². The van der Waals surface area contributed by atoms with Gasteiger partial charge in [-0.1, -0.05) is 29.3 Å². The van der Waals surface area contributed by atoms with Gasteiger partial charge in [-0.2, -0.15) is 0 Å². The summed E-state index contributed by atoms with van der Waals surface area (Å²) in [6, 6.07) is 0. The lowest BCUT2D eigenvalue weighted by Crippen LogP contribution is -2.36. The Balaban J connectivity index is 3.87. The molecule has 6 heteroatoms. The van der Waals surface area contributed by atoms with Crippen molar-refractivity contribution in [1.29, 1.82) is 0 Å². The van der Waals surface area contributed by atoms with Crippen LogP contribution < -0.4 is 0 Å². The van der Waals surface area contributed by atoms with Crippen molar-refractivity contribution < 1.29 is 24.9 Å². The zero-order valence-corrected chi connectivity index (χ0v) is 8.11. The van der Waals surface area contributed by atoms with Crippen LogP contribution in [-0.4, -0.2) is 32.3 Å². The predicted octanol–water partition coefficient (Wildman–Crippen LogP) is -0.319. The molecule has 0 amide bonds. The van der Waals surface area contributed by atoms with Gasteiger partial charge < -0.3 is 20.1 Å². The summed E-state index contributed by atoms with van der Waals surface area (Å²) in [6.45, 7) is 1.85. The predicted molar refractivity (Wildman–Crippen MR) is 43.1 cm³/mol. The van der Waals surface area contributed by atoms with Crippen LogP contribution in [0, 0.1) is 0 Å². The van der Waals surface area contributed by atoms with Crippen LogP contribution in [0.15, 0.2) is 0 Å². The summed E-state index contributed by atoms with van der Waals surface area (Å²) in [5.41, 5.74) is 0. The Labute approximate surface area is 78.1 Å². The van der Waals surface area contributed by atoms with Crippen molar-refractivity contribution in [2.24, 2.45) is 0 Å². The Morgan fingerprint density at radius 2 is 2.08 bits per heavy atom. The van der Waals surface area contributed by atoms with Crippen LogP contribution in [0.2, 0.25) is 0 Å². The van der Waals surface area contributed by atoms with E-state index < -0.39 is 17.0 Å². The fourth-order valence-corrected chi connectivity index (χ4v) is 1.12.